The molecule has 0 spiro atoms. The quantitative estimate of drug-likeness (QED) is 0.729. The van der Waals surface area contributed by atoms with Crippen molar-refractivity contribution in [2.45, 2.75) is 32.0 Å². The Morgan fingerprint density at radius 2 is 2.14 bits per heavy atom. The third kappa shape index (κ3) is 3.10. The molecule has 2 aliphatic rings. The van der Waals surface area contributed by atoms with Gasteiger partial charge in [0.1, 0.15) is 30.1 Å². The number of aromatic amines is 1. The van der Waals surface area contributed by atoms with Crippen LogP contribution >= 0.6 is 0 Å². The van der Waals surface area contributed by atoms with Crippen LogP contribution in [0.2, 0.25) is 0 Å². The standard InChI is InChI=1S/C21H25N5O2/c1-13-9-16-20(24-13)22-12-23-21(16)25-19-15-5-3-4-6-18(15)28-11-17(19)26-7-8-27-14(2)10-26/h3-6,9,12,14,17,19H,7-8,10-11H2,1-2H3,(H2,22,23,24,25). The molecule has 0 amide bonds. The molecule has 0 aliphatic carbocycles. The molecule has 3 aromatic rings. The largest absolute Gasteiger partial charge is 0.491 e. The van der Waals surface area contributed by atoms with Crippen molar-refractivity contribution < 1.29 is 9.47 Å². The molecule has 3 atom stereocenters. The van der Waals surface area contributed by atoms with E-state index < -0.39 is 0 Å². The van der Waals surface area contributed by atoms with Crippen LogP contribution in [0.25, 0.3) is 11.0 Å². The number of nitrogens with zero attached hydrogens (tertiary/aromatic N) is 3. The van der Waals surface area contributed by atoms with E-state index in [4.69, 9.17) is 9.47 Å². The smallest absolute Gasteiger partial charge is 0.143 e. The lowest BCUT2D eigenvalue weighted by molar-refractivity contribution is -0.0465. The van der Waals surface area contributed by atoms with Crippen LogP contribution in [0.5, 0.6) is 5.75 Å². The number of nitrogens with one attached hydrogen (secondary N) is 2. The maximum atomic E-state index is 6.12. The molecule has 0 saturated carbocycles. The van der Waals surface area contributed by atoms with E-state index in [9.17, 15) is 0 Å². The Balaban J connectivity index is 1.53. The molecule has 28 heavy (non-hydrogen) atoms. The van der Waals surface area contributed by atoms with Gasteiger partial charge in [0.15, 0.2) is 0 Å². The zero-order valence-corrected chi connectivity index (χ0v) is 16.2. The van der Waals surface area contributed by atoms with Gasteiger partial charge in [-0.15, -0.1) is 0 Å². The fourth-order valence-electron chi connectivity index (χ4n) is 4.32. The summed E-state index contributed by atoms with van der Waals surface area (Å²) in [6.45, 7) is 7.36. The van der Waals surface area contributed by atoms with Gasteiger partial charge < -0.3 is 19.8 Å². The average Bonchev–Trinajstić information content (AvgIpc) is 3.09. The molecule has 2 aliphatic heterocycles. The highest BCUT2D eigenvalue weighted by atomic mass is 16.5. The van der Waals surface area contributed by atoms with Gasteiger partial charge in [0.25, 0.3) is 0 Å². The third-order valence-electron chi connectivity index (χ3n) is 5.64. The number of aromatic nitrogens is 3. The van der Waals surface area contributed by atoms with Crippen LogP contribution in [0.1, 0.15) is 24.2 Å². The maximum absolute atomic E-state index is 6.12. The first-order valence-electron chi connectivity index (χ1n) is 9.83. The van der Waals surface area contributed by atoms with Crippen molar-refractivity contribution in [3.63, 3.8) is 0 Å². The number of ether oxygens (including phenoxy) is 2. The molecule has 5 rings (SSSR count). The van der Waals surface area contributed by atoms with E-state index in [0.29, 0.717) is 6.61 Å². The predicted molar refractivity (Wildman–Crippen MR) is 108 cm³/mol. The van der Waals surface area contributed by atoms with Crippen LogP contribution in [-0.2, 0) is 4.74 Å². The summed E-state index contributed by atoms with van der Waals surface area (Å²) in [6.07, 6.45) is 1.84. The van der Waals surface area contributed by atoms with Gasteiger partial charge in [-0.3, -0.25) is 4.90 Å². The molecule has 1 fully saturated rings. The number of rotatable bonds is 3. The monoisotopic (exact) mass is 379 g/mol. The second kappa shape index (κ2) is 7.07. The molecule has 146 valence electrons. The number of hydrogen-bond acceptors (Lipinski definition) is 6. The van der Waals surface area contributed by atoms with Gasteiger partial charge in [-0.25, -0.2) is 9.97 Å². The van der Waals surface area contributed by atoms with Crippen molar-refractivity contribution in [1.82, 2.24) is 19.9 Å². The van der Waals surface area contributed by atoms with E-state index in [1.807, 2.05) is 19.1 Å². The minimum Gasteiger partial charge on any atom is -0.491 e. The highest BCUT2D eigenvalue weighted by molar-refractivity contribution is 5.87. The van der Waals surface area contributed by atoms with Crippen molar-refractivity contribution >= 4 is 16.9 Å². The van der Waals surface area contributed by atoms with Crippen molar-refractivity contribution in [2.75, 3.05) is 31.6 Å². The highest BCUT2D eigenvalue weighted by Gasteiger charge is 2.37. The van der Waals surface area contributed by atoms with Gasteiger partial charge >= 0.3 is 0 Å². The Kier molecular flexibility index (Phi) is 4.41. The summed E-state index contributed by atoms with van der Waals surface area (Å²) >= 11 is 0. The molecular formula is C21H25N5O2. The maximum Gasteiger partial charge on any atom is 0.143 e. The van der Waals surface area contributed by atoms with Gasteiger partial charge in [-0.05, 0) is 26.0 Å². The van der Waals surface area contributed by atoms with Crippen LogP contribution in [0.3, 0.4) is 0 Å². The van der Waals surface area contributed by atoms with Crippen molar-refractivity contribution in [3.05, 3.63) is 47.9 Å². The normalized spacial score (nSPS) is 25.3. The Labute approximate surface area is 164 Å². The zero-order valence-electron chi connectivity index (χ0n) is 16.2. The van der Waals surface area contributed by atoms with Gasteiger partial charge in [0.05, 0.1) is 30.2 Å². The van der Waals surface area contributed by atoms with Crippen molar-refractivity contribution in [2.24, 2.45) is 0 Å². The Hall–Kier alpha value is -2.64. The van der Waals surface area contributed by atoms with Crippen LogP contribution in [0.4, 0.5) is 5.82 Å². The molecule has 0 bridgehead atoms. The van der Waals surface area contributed by atoms with Crippen LogP contribution in [-0.4, -0.2) is 58.3 Å². The first-order chi connectivity index (χ1) is 13.7. The number of anilines is 1. The number of aryl methyl sites for hydroxylation is 1. The summed E-state index contributed by atoms with van der Waals surface area (Å²) in [5.74, 6) is 1.79. The highest BCUT2D eigenvalue weighted by Crippen LogP contribution is 2.37. The lowest BCUT2D eigenvalue weighted by atomic mass is 9.94. The van der Waals surface area contributed by atoms with E-state index in [1.165, 1.54) is 0 Å². The first-order valence-corrected chi connectivity index (χ1v) is 9.83. The number of morpholine rings is 1. The molecule has 7 nitrogen and oxygen atoms in total. The number of benzene rings is 1. The molecule has 2 N–H and O–H groups in total. The third-order valence-corrected chi connectivity index (χ3v) is 5.64. The zero-order chi connectivity index (χ0) is 19.1. The minimum atomic E-state index is 0.0727. The number of hydrogen-bond donors (Lipinski definition) is 2. The summed E-state index contributed by atoms with van der Waals surface area (Å²) in [6, 6.07) is 10.6. The van der Waals surface area contributed by atoms with Crippen molar-refractivity contribution in [1.29, 1.82) is 0 Å². The minimum absolute atomic E-state index is 0.0727. The topological polar surface area (TPSA) is 75.3 Å². The number of para-hydroxylation sites is 1. The SMILES string of the molecule is Cc1cc2c(NC3c4ccccc4OCC3N3CCOC(C)C3)ncnc2[nH]1. The lowest BCUT2D eigenvalue weighted by Gasteiger charge is -2.43. The van der Waals surface area contributed by atoms with Gasteiger partial charge in [0, 0.05) is 24.3 Å². The molecule has 7 heteroatoms. The molecule has 3 unspecified atom stereocenters. The predicted octanol–water partition coefficient (Wildman–Crippen LogP) is 2.90. The van der Waals surface area contributed by atoms with Gasteiger partial charge in [0.2, 0.25) is 0 Å². The average molecular weight is 379 g/mol. The molecule has 4 heterocycles. The summed E-state index contributed by atoms with van der Waals surface area (Å²) in [7, 11) is 0. The molecule has 1 saturated heterocycles. The van der Waals surface area contributed by atoms with E-state index in [1.54, 1.807) is 6.33 Å². The lowest BCUT2D eigenvalue weighted by Crippen LogP contribution is -2.54. The summed E-state index contributed by atoms with van der Waals surface area (Å²) in [5, 5.41) is 4.73. The molecule has 2 aromatic heterocycles. The first kappa shape index (κ1) is 17.5. The second-order valence-electron chi connectivity index (χ2n) is 7.65. The molecule has 0 radical (unpaired) electrons. The van der Waals surface area contributed by atoms with E-state index in [-0.39, 0.29) is 18.2 Å². The Bertz CT molecular complexity index is 988. The second-order valence-corrected chi connectivity index (χ2v) is 7.65. The van der Waals surface area contributed by atoms with E-state index in [2.05, 4.69) is 50.3 Å². The summed E-state index contributed by atoms with van der Waals surface area (Å²) in [4.78, 5) is 14.7. The van der Waals surface area contributed by atoms with Crippen molar-refractivity contribution in [3.8, 4) is 5.75 Å². The summed E-state index contributed by atoms with van der Waals surface area (Å²) < 4.78 is 11.9. The summed E-state index contributed by atoms with van der Waals surface area (Å²) in [5.41, 5.74) is 3.09. The van der Waals surface area contributed by atoms with Crippen LogP contribution < -0.4 is 10.1 Å². The number of H-pyrrole nitrogens is 1. The molecule has 1 aromatic carbocycles. The Morgan fingerprint density at radius 3 is 3.04 bits per heavy atom. The van der Waals surface area contributed by atoms with Crippen LogP contribution in [0.15, 0.2) is 36.7 Å². The van der Waals surface area contributed by atoms with Crippen LogP contribution in [0, 0.1) is 6.92 Å². The van der Waals surface area contributed by atoms with E-state index >= 15 is 0 Å². The fourth-order valence-corrected chi connectivity index (χ4v) is 4.32. The Morgan fingerprint density at radius 1 is 1.25 bits per heavy atom. The van der Waals surface area contributed by atoms with E-state index in [0.717, 1.165) is 53.6 Å². The molecular weight excluding hydrogens is 354 g/mol. The number of fused-ring (bicyclic) bond motifs is 2. The van der Waals surface area contributed by atoms with Gasteiger partial charge in [-0.1, -0.05) is 18.2 Å². The fraction of sp³-hybridized carbons (Fsp3) is 0.429. The van der Waals surface area contributed by atoms with Gasteiger partial charge in [-0.2, -0.15) is 0 Å².